The van der Waals surface area contributed by atoms with E-state index >= 15 is 0 Å². The van der Waals surface area contributed by atoms with Gasteiger partial charge in [-0.2, -0.15) is 5.10 Å². The summed E-state index contributed by atoms with van der Waals surface area (Å²) in [6.45, 7) is 2.11. The van der Waals surface area contributed by atoms with Crippen LogP contribution in [-0.2, 0) is 11.2 Å². The molecule has 4 aromatic rings. The average Bonchev–Trinajstić information content (AvgIpc) is 3.30. The SMILES string of the molecule is O=C(NCCc1ccccc1)[C@@H]1CCCN(c2nccn3nc(-c4ccc(F)cc4)cc23)C1. The molecule has 0 spiro atoms. The molecule has 168 valence electrons. The number of rotatable bonds is 6. The fourth-order valence-electron chi connectivity index (χ4n) is 4.42. The third kappa shape index (κ3) is 4.72. The van der Waals surface area contributed by atoms with E-state index in [1.807, 2.05) is 30.5 Å². The molecular weight excluding hydrogens is 417 g/mol. The Hall–Kier alpha value is -3.74. The molecule has 1 saturated heterocycles. The first-order valence-electron chi connectivity index (χ1n) is 11.3. The molecule has 1 amide bonds. The third-order valence-corrected chi connectivity index (χ3v) is 6.16. The van der Waals surface area contributed by atoms with Gasteiger partial charge < -0.3 is 10.2 Å². The number of hydrogen-bond donors (Lipinski definition) is 1. The van der Waals surface area contributed by atoms with Crippen molar-refractivity contribution in [3.05, 3.63) is 84.4 Å². The summed E-state index contributed by atoms with van der Waals surface area (Å²) in [6.07, 6.45) is 6.16. The van der Waals surface area contributed by atoms with Crippen molar-refractivity contribution in [2.24, 2.45) is 5.92 Å². The van der Waals surface area contributed by atoms with Crippen LogP contribution >= 0.6 is 0 Å². The Morgan fingerprint density at radius 2 is 1.94 bits per heavy atom. The van der Waals surface area contributed by atoms with Gasteiger partial charge in [-0.25, -0.2) is 13.9 Å². The predicted octanol–water partition coefficient (Wildman–Crippen LogP) is 4.11. The highest BCUT2D eigenvalue weighted by Gasteiger charge is 2.27. The summed E-state index contributed by atoms with van der Waals surface area (Å²) in [5.74, 6) is 0.575. The average molecular weight is 444 g/mol. The third-order valence-electron chi connectivity index (χ3n) is 6.16. The molecule has 2 aromatic carbocycles. The molecule has 1 N–H and O–H groups in total. The van der Waals surface area contributed by atoms with Crippen LogP contribution in [0.15, 0.2) is 73.1 Å². The van der Waals surface area contributed by atoms with Crippen molar-refractivity contribution < 1.29 is 9.18 Å². The van der Waals surface area contributed by atoms with Crippen LogP contribution in [0, 0.1) is 11.7 Å². The van der Waals surface area contributed by atoms with Crippen molar-refractivity contribution in [2.45, 2.75) is 19.3 Å². The molecule has 33 heavy (non-hydrogen) atoms. The Morgan fingerprint density at radius 3 is 2.76 bits per heavy atom. The minimum Gasteiger partial charge on any atom is -0.355 e. The topological polar surface area (TPSA) is 62.5 Å². The highest BCUT2D eigenvalue weighted by atomic mass is 19.1. The van der Waals surface area contributed by atoms with Crippen molar-refractivity contribution in [1.29, 1.82) is 0 Å². The molecule has 0 bridgehead atoms. The summed E-state index contributed by atoms with van der Waals surface area (Å²) >= 11 is 0. The van der Waals surface area contributed by atoms with Crippen LogP contribution < -0.4 is 10.2 Å². The van der Waals surface area contributed by atoms with Gasteiger partial charge in [0, 0.05) is 37.6 Å². The number of carbonyl (C=O) groups is 1. The van der Waals surface area contributed by atoms with Crippen LogP contribution in [0.2, 0.25) is 0 Å². The quantitative estimate of drug-likeness (QED) is 0.487. The van der Waals surface area contributed by atoms with Gasteiger partial charge in [-0.3, -0.25) is 4.79 Å². The number of amides is 1. The fraction of sp³-hybridized carbons (Fsp3) is 0.269. The Bertz CT molecular complexity index is 1240. The fourth-order valence-corrected chi connectivity index (χ4v) is 4.42. The van der Waals surface area contributed by atoms with Gasteiger partial charge in [0.15, 0.2) is 5.82 Å². The zero-order chi connectivity index (χ0) is 22.6. The van der Waals surface area contributed by atoms with E-state index in [1.54, 1.807) is 22.8 Å². The number of aromatic nitrogens is 3. The van der Waals surface area contributed by atoms with Gasteiger partial charge >= 0.3 is 0 Å². The van der Waals surface area contributed by atoms with Crippen molar-refractivity contribution in [2.75, 3.05) is 24.5 Å². The van der Waals surface area contributed by atoms with E-state index in [0.29, 0.717) is 13.1 Å². The predicted molar refractivity (Wildman–Crippen MR) is 126 cm³/mol. The zero-order valence-electron chi connectivity index (χ0n) is 18.3. The highest BCUT2D eigenvalue weighted by Crippen LogP contribution is 2.28. The lowest BCUT2D eigenvalue weighted by atomic mass is 9.97. The molecular formula is C26H26FN5O. The summed E-state index contributed by atoms with van der Waals surface area (Å²) in [5, 5.41) is 7.75. The molecule has 6 nitrogen and oxygen atoms in total. The molecule has 0 unspecified atom stereocenters. The lowest BCUT2D eigenvalue weighted by Crippen LogP contribution is -2.44. The van der Waals surface area contributed by atoms with E-state index in [1.165, 1.54) is 17.7 Å². The second-order valence-electron chi connectivity index (χ2n) is 8.43. The van der Waals surface area contributed by atoms with Crippen molar-refractivity contribution in [3.63, 3.8) is 0 Å². The molecule has 0 aliphatic carbocycles. The maximum absolute atomic E-state index is 13.3. The lowest BCUT2D eigenvalue weighted by molar-refractivity contribution is -0.125. The van der Waals surface area contributed by atoms with E-state index < -0.39 is 0 Å². The first kappa shape index (κ1) is 21.1. The van der Waals surface area contributed by atoms with Gasteiger partial charge in [-0.15, -0.1) is 0 Å². The number of piperidine rings is 1. The first-order valence-corrected chi connectivity index (χ1v) is 11.3. The van der Waals surface area contributed by atoms with Crippen LogP contribution in [-0.4, -0.2) is 40.1 Å². The molecule has 5 rings (SSSR count). The normalized spacial score (nSPS) is 16.2. The van der Waals surface area contributed by atoms with Gasteiger partial charge in [-0.1, -0.05) is 30.3 Å². The monoisotopic (exact) mass is 443 g/mol. The molecule has 1 aliphatic heterocycles. The molecule has 0 radical (unpaired) electrons. The van der Waals surface area contributed by atoms with Crippen LogP contribution in [0.3, 0.4) is 0 Å². The molecule has 3 heterocycles. The minimum atomic E-state index is -0.272. The number of nitrogens with one attached hydrogen (secondary N) is 1. The van der Waals surface area contributed by atoms with Crippen LogP contribution in [0.4, 0.5) is 10.2 Å². The van der Waals surface area contributed by atoms with Gasteiger partial charge in [0.1, 0.15) is 11.3 Å². The number of fused-ring (bicyclic) bond motifs is 1. The second kappa shape index (κ2) is 9.40. The summed E-state index contributed by atoms with van der Waals surface area (Å²) in [4.78, 5) is 19.6. The summed E-state index contributed by atoms with van der Waals surface area (Å²) in [6, 6.07) is 18.5. The summed E-state index contributed by atoms with van der Waals surface area (Å²) in [5.41, 5.74) is 3.70. The maximum atomic E-state index is 13.3. The minimum absolute atomic E-state index is 0.0731. The summed E-state index contributed by atoms with van der Waals surface area (Å²) < 4.78 is 15.1. The second-order valence-corrected chi connectivity index (χ2v) is 8.43. The van der Waals surface area contributed by atoms with Crippen molar-refractivity contribution in [1.82, 2.24) is 19.9 Å². The Labute approximate surface area is 192 Å². The van der Waals surface area contributed by atoms with Crippen LogP contribution in [0.25, 0.3) is 16.8 Å². The van der Waals surface area contributed by atoms with E-state index in [-0.39, 0.29) is 17.6 Å². The zero-order valence-corrected chi connectivity index (χ0v) is 18.3. The maximum Gasteiger partial charge on any atom is 0.224 e. The Kier molecular flexibility index (Phi) is 6.02. The number of carbonyl (C=O) groups excluding carboxylic acids is 1. The van der Waals surface area contributed by atoms with Crippen LogP contribution in [0.5, 0.6) is 0 Å². The number of hydrogen-bond acceptors (Lipinski definition) is 4. The summed E-state index contributed by atoms with van der Waals surface area (Å²) in [7, 11) is 0. The van der Waals surface area contributed by atoms with Crippen molar-refractivity contribution in [3.8, 4) is 11.3 Å². The lowest BCUT2D eigenvalue weighted by Gasteiger charge is -2.33. The van der Waals surface area contributed by atoms with E-state index in [9.17, 15) is 9.18 Å². The molecule has 1 aliphatic rings. The molecule has 7 heteroatoms. The van der Waals surface area contributed by atoms with Crippen LogP contribution in [0.1, 0.15) is 18.4 Å². The van der Waals surface area contributed by atoms with Gasteiger partial charge in [-0.05, 0) is 55.2 Å². The smallest absolute Gasteiger partial charge is 0.224 e. The molecule has 1 atom stereocenters. The molecule has 2 aromatic heterocycles. The van der Waals surface area contributed by atoms with Gasteiger partial charge in [0.2, 0.25) is 5.91 Å². The molecule has 0 saturated carbocycles. The standard InChI is InChI=1S/C26H26FN5O/c27-22-10-8-20(9-11-22)23-17-24-25(28-14-16-32(24)30-23)31-15-4-7-21(18-31)26(33)29-13-12-19-5-2-1-3-6-19/h1-3,5-6,8-11,14,16-17,21H,4,7,12-13,15,18H2,(H,29,33)/t21-/m1/s1. The number of nitrogens with zero attached hydrogens (tertiary/aromatic N) is 4. The highest BCUT2D eigenvalue weighted by molar-refractivity contribution is 5.80. The number of halogens is 1. The van der Waals surface area contributed by atoms with E-state index in [4.69, 9.17) is 0 Å². The molecule has 1 fully saturated rings. The first-order chi connectivity index (χ1) is 16.2. The Morgan fingerprint density at radius 1 is 1.12 bits per heavy atom. The van der Waals surface area contributed by atoms with Gasteiger partial charge in [0.25, 0.3) is 0 Å². The van der Waals surface area contributed by atoms with E-state index in [2.05, 4.69) is 32.4 Å². The van der Waals surface area contributed by atoms with E-state index in [0.717, 1.165) is 48.4 Å². The number of benzene rings is 2. The van der Waals surface area contributed by atoms with Gasteiger partial charge in [0.05, 0.1) is 11.6 Å². The number of anilines is 1. The largest absolute Gasteiger partial charge is 0.355 e. The Balaban J connectivity index is 1.29. The van der Waals surface area contributed by atoms with Crippen molar-refractivity contribution >= 4 is 17.2 Å².